The lowest BCUT2D eigenvalue weighted by atomic mass is 9.85. The number of fused-ring (bicyclic) bond motifs is 1. The zero-order chi connectivity index (χ0) is 7.05. The normalized spacial score (nSPS) is 61.1. The van der Waals surface area contributed by atoms with Crippen molar-refractivity contribution in [3.63, 3.8) is 0 Å². The molecule has 0 radical (unpaired) electrons. The Kier molecular flexibility index (Phi) is 0.592. The summed E-state index contributed by atoms with van der Waals surface area (Å²) in [6, 6.07) is 0. The highest BCUT2D eigenvalue weighted by molar-refractivity contribution is 5.41. The summed E-state index contributed by atoms with van der Waals surface area (Å²) in [6.45, 7) is 0. The molecule has 0 heterocycles. The van der Waals surface area contributed by atoms with Gasteiger partial charge in [0, 0.05) is 5.92 Å². The Morgan fingerprint density at radius 3 is 3.36 bits per heavy atom. The van der Waals surface area contributed by atoms with Crippen LogP contribution in [0.5, 0.6) is 0 Å². The lowest BCUT2D eigenvalue weighted by molar-refractivity contribution is 0.316. The molecule has 0 aromatic heterocycles. The first-order valence-electron chi connectivity index (χ1n) is 4.87. The van der Waals surface area contributed by atoms with Crippen molar-refractivity contribution in [1.82, 2.24) is 0 Å². The highest BCUT2D eigenvalue weighted by Gasteiger charge is 2.70. The third-order valence-electron chi connectivity index (χ3n) is 4.50. The highest BCUT2D eigenvalue weighted by Crippen LogP contribution is 2.78. The zero-order valence-corrected chi connectivity index (χ0v) is 6.64. The summed E-state index contributed by atoms with van der Waals surface area (Å²) in [7, 11) is 0. The number of allylic oxidation sites excluding steroid dienone is 1. The predicted octanol–water partition coefficient (Wildman–Crippen LogP) is 2.52. The van der Waals surface area contributed by atoms with Crippen molar-refractivity contribution in [2.45, 2.75) is 25.7 Å². The molecule has 0 bridgehead atoms. The molecule has 4 unspecified atom stereocenters. The van der Waals surface area contributed by atoms with E-state index in [0.29, 0.717) is 0 Å². The number of rotatable bonds is 0. The van der Waals surface area contributed by atoms with Crippen LogP contribution in [0.15, 0.2) is 17.4 Å². The third kappa shape index (κ3) is 0.404. The van der Waals surface area contributed by atoms with E-state index in [4.69, 9.17) is 0 Å². The van der Waals surface area contributed by atoms with Gasteiger partial charge in [0.1, 0.15) is 0 Å². The Labute approximate surface area is 67.0 Å². The van der Waals surface area contributed by atoms with Crippen molar-refractivity contribution in [3.05, 3.63) is 17.4 Å². The second kappa shape index (κ2) is 1.25. The van der Waals surface area contributed by atoms with Gasteiger partial charge in [-0.3, -0.25) is 0 Å². The largest absolute Gasteiger partial charge is 0.125 e. The minimum Gasteiger partial charge on any atom is -0.125 e. The summed E-state index contributed by atoms with van der Waals surface area (Å²) in [6.07, 6.45) is 8.25. The molecule has 3 saturated carbocycles. The van der Waals surface area contributed by atoms with Crippen molar-refractivity contribution in [3.8, 4) is 0 Å². The Morgan fingerprint density at radius 1 is 1.45 bits per heavy atom. The first-order valence-corrected chi connectivity index (χ1v) is 4.87. The van der Waals surface area contributed by atoms with E-state index in [1.54, 1.807) is 12.0 Å². The fraction of sp³-hybridized carbons (Fsp3) is 0.727. The van der Waals surface area contributed by atoms with Crippen molar-refractivity contribution in [2.24, 2.45) is 23.2 Å². The molecular formula is C11H12. The summed E-state index contributed by atoms with van der Waals surface area (Å²) in [5.74, 6) is 3.17. The van der Waals surface area contributed by atoms with Crippen LogP contribution in [0.1, 0.15) is 25.7 Å². The van der Waals surface area contributed by atoms with Crippen LogP contribution >= 0.6 is 0 Å². The molecule has 1 spiro atoms. The van der Waals surface area contributed by atoms with E-state index < -0.39 is 0 Å². The molecule has 0 saturated heterocycles. The fourth-order valence-electron chi connectivity index (χ4n) is 3.83. The van der Waals surface area contributed by atoms with E-state index in [2.05, 4.69) is 11.8 Å². The Hall–Kier alpha value is -0.480. The van der Waals surface area contributed by atoms with Gasteiger partial charge in [-0.2, -0.15) is 0 Å². The van der Waals surface area contributed by atoms with Crippen molar-refractivity contribution in [1.29, 1.82) is 0 Å². The van der Waals surface area contributed by atoms with Crippen LogP contribution in [0, 0.1) is 23.2 Å². The molecule has 0 aromatic carbocycles. The van der Waals surface area contributed by atoms with E-state index in [0.717, 1.165) is 23.2 Å². The van der Waals surface area contributed by atoms with Gasteiger partial charge in [0.05, 0.1) is 0 Å². The lowest BCUT2D eigenvalue weighted by Crippen LogP contribution is -2.12. The molecule has 11 heavy (non-hydrogen) atoms. The molecule has 0 nitrogen and oxygen atoms in total. The van der Waals surface area contributed by atoms with Crippen LogP contribution < -0.4 is 0 Å². The molecule has 4 atom stereocenters. The second-order valence-electron chi connectivity index (χ2n) is 4.80. The summed E-state index contributed by atoms with van der Waals surface area (Å²) >= 11 is 0. The van der Waals surface area contributed by atoms with Crippen LogP contribution in [0.4, 0.5) is 0 Å². The second-order valence-corrected chi connectivity index (χ2v) is 4.80. The Morgan fingerprint density at radius 2 is 2.45 bits per heavy atom. The molecule has 0 heteroatoms. The molecular weight excluding hydrogens is 132 g/mol. The van der Waals surface area contributed by atoms with Gasteiger partial charge in [-0.1, -0.05) is 0 Å². The quantitative estimate of drug-likeness (QED) is 0.458. The first-order chi connectivity index (χ1) is 5.42. The van der Waals surface area contributed by atoms with Crippen molar-refractivity contribution < 1.29 is 0 Å². The molecule has 0 N–H and O–H groups in total. The van der Waals surface area contributed by atoms with Crippen LogP contribution in [0.2, 0.25) is 0 Å². The fourth-order valence-corrected chi connectivity index (χ4v) is 3.83. The van der Waals surface area contributed by atoms with Crippen LogP contribution in [0.3, 0.4) is 0 Å². The number of hydrogen-bond donors (Lipinski definition) is 0. The van der Waals surface area contributed by atoms with Gasteiger partial charge in [0.15, 0.2) is 0 Å². The van der Waals surface area contributed by atoms with Crippen LogP contribution in [-0.2, 0) is 0 Å². The minimum absolute atomic E-state index is 0.823. The van der Waals surface area contributed by atoms with Crippen molar-refractivity contribution >= 4 is 0 Å². The Balaban J connectivity index is 1.94. The highest BCUT2D eigenvalue weighted by atomic mass is 14.7. The maximum Gasteiger partial charge on any atom is 0.00102 e. The van der Waals surface area contributed by atoms with E-state index in [-0.39, 0.29) is 0 Å². The van der Waals surface area contributed by atoms with Gasteiger partial charge < -0.3 is 0 Å². The van der Waals surface area contributed by atoms with Crippen molar-refractivity contribution in [2.75, 3.05) is 0 Å². The van der Waals surface area contributed by atoms with Gasteiger partial charge in [-0.05, 0) is 54.6 Å². The SMILES string of the molecule is C1=CCC23CC2CCC2C=1C23. The van der Waals surface area contributed by atoms with Crippen LogP contribution in [0.25, 0.3) is 0 Å². The minimum atomic E-state index is 0.823. The summed E-state index contributed by atoms with van der Waals surface area (Å²) in [5, 5.41) is 0. The monoisotopic (exact) mass is 144 g/mol. The summed E-state index contributed by atoms with van der Waals surface area (Å²) < 4.78 is 0. The van der Waals surface area contributed by atoms with E-state index in [1.807, 2.05) is 0 Å². The molecule has 4 aliphatic rings. The maximum atomic E-state index is 3.47. The summed E-state index contributed by atoms with van der Waals surface area (Å²) in [4.78, 5) is 0. The van der Waals surface area contributed by atoms with E-state index in [1.165, 1.54) is 19.3 Å². The first kappa shape index (κ1) is 5.22. The maximum absolute atomic E-state index is 3.47. The van der Waals surface area contributed by atoms with Crippen LogP contribution in [-0.4, -0.2) is 0 Å². The van der Waals surface area contributed by atoms with Gasteiger partial charge in [-0.15, -0.1) is 5.73 Å². The lowest BCUT2D eigenvalue weighted by Gasteiger charge is -2.19. The standard InChI is InChI=1S/C11H12/c1-2-8-9-4-3-7-6-11(7,5-1)10(8)9/h1,7,9-10H,3-6H2. The van der Waals surface area contributed by atoms with E-state index >= 15 is 0 Å². The third-order valence-corrected chi connectivity index (χ3v) is 4.50. The Bertz CT molecular complexity index is 306. The molecule has 0 amide bonds. The zero-order valence-electron chi connectivity index (χ0n) is 6.64. The average molecular weight is 144 g/mol. The molecule has 0 aromatic rings. The van der Waals surface area contributed by atoms with Gasteiger partial charge in [0.2, 0.25) is 0 Å². The molecule has 3 fully saturated rings. The van der Waals surface area contributed by atoms with Gasteiger partial charge in [0.25, 0.3) is 0 Å². The molecule has 0 aliphatic heterocycles. The van der Waals surface area contributed by atoms with Gasteiger partial charge in [-0.25, -0.2) is 0 Å². The molecule has 4 aliphatic carbocycles. The molecule has 56 valence electrons. The summed E-state index contributed by atoms with van der Waals surface area (Å²) in [5.41, 5.74) is 6.00. The van der Waals surface area contributed by atoms with Gasteiger partial charge >= 0.3 is 0 Å². The van der Waals surface area contributed by atoms with E-state index in [9.17, 15) is 0 Å². The topological polar surface area (TPSA) is 0 Å². The average Bonchev–Trinajstić information content (AvgIpc) is 2.86. The smallest absolute Gasteiger partial charge is 0.00102 e. The number of hydrogen-bond acceptors (Lipinski definition) is 0. The predicted molar refractivity (Wildman–Crippen MR) is 43.0 cm³/mol. The molecule has 4 rings (SSSR count).